The molecule has 1 aromatic heterocycles. The number of aryl methyl sites for hydroxylation is 2. The van der Waals surface area contributed by atoms with Crippen LogP contribution in [0, 0.1) is 24.0 Å². The number of non-ortho nitro benzene ring substituents is 1. The number of hydrogen-bond donors (Lipinski definition) is 0. The number of nitro groups is 1. The van der Waals surface area contributed by atoms with Crippen molar-refractivity contribution in [3.63, 3.8) is 0 Å². The van der Waals surface area contributed by atoms with Gasteiger partial charge in [0.05, 0.1) is 15.9 Å². The van der Waals surface area contributed by atoms with Crippen molar-refractivity contribution in [1.29, 1.82) is 0 Å². The lowest BCUT2D eigenvalue weighted by Crippen LogP contribution is -2.32. The molecule has 8 heteroatoms. The van der Waals surface area contributed by atoms with Gasteiger partial charge in [0, 0.05) is 37.6 Å². The Labute approximate surface area is 147 Å². The van der Waals surface area contributed by atoms with Crippen LogP contribution < -0.4 is 0 Å². The zero-order chi connectivity index (χ0) is 18.4. The quantitative estimate of drug-likeness (QED) is 0.617. The van der Waals surface area contributed by atoms with E-state index in [1.807, 2.05) is 29.9 Å². The van der Waals surface area contributed by atoms with Crippen LogP contribution in [-0.4, -0.2) is 28.8 Å². The van der Waals surface area contributed by atoms with Gasteiger partial charge in [-0.3, -0.25) is 10.1 Å². The lowest BCUT2D eigenvalue weighted by atomic mass is 10.1. The van der Waals surface area contributed by atoms with E-state index in [1.165, 1.54) is 16.4 Å². The van der Waals surface area contributed by atoms with E-state index in [-0.39, 0.29) is 16.6 Å². The summed E-state index contributed by atoms with van der Waals surface area (Å²) in [7, 11) is -1.93. The van der Waals surface area contributed by atoms with Crippen LogP contribution in [0.4, 0.5) is 5.69 Å². The van der Waals surface area contributed by atoms with Crippen molar-refractivity contribution in [1.82, 2.24) is 8.87 Å². The van der Waals surface area contributed by atoms with Crippen LogP contribution in [0.25, 0.3) is 0 Å². The third-order valence-electron chi connectivity index (χ3n) is 4.93. The molecule has 134 valence electrons. The van der Waals surface area contributed by atoms with Crippen molar-refractivity contribution in [3.05, 3.63) is 57.4 Å². The molecule has 1 aliphatic rings. The molecular weight excluding hydrogens is 342 g/mol. The normalized spacial score (nSPS) is 18.6. The van der Waals surface area contributed by atoms with Crippen molar-refractivity contribution in [2.45, 2.75) is 37.6 Å². The average Bonchev–Trinajstić information content (AvgIpc) is 3.17. The van der Waals surface area contributed by atoms with E-state index in [0.717, 1.165) is 18.5 Å². The summed E-state index contributed by atoms with van der Waals surface area (Å²) in [4.78, 5) is 10.6. The third-order valence-corrected chi connectivity index (χ3v) is 6.97. The van der Waals surface area contributed by atoms with Gasteiger partial charge in [0.2, 0.25) is 10.0 Å². The molecular formula is C17H21N3O4S. The van der Waals surface area contributed by atoms with Crippen LogP contribution in [-0.2, 0) is 17.1 Å². The number of sulfonamides is 1. The SMILES string of the molecule is Cc1cc([N+](=O)[O-])cc(S(=O)(=O)N2CCC[C@@H]2c2cccn2C)c1C. The van der Waals surface area contributed by atoms with E-state index in [1.54, 1.807) is 13.8 Å². The topological polar surface area (TPSA) is 85.4 Å². The summed E-state index contributed by atoms with van der Waals surface area (Å²) in [5.41, 5.74) is 1.89. The fraction of sp³-hybridized carbons (Fsp3) is 0.412. The van der Waals surface area contributed by atoms with E-state index in [9.17, 15) is 18.5 Å². The minimum absolute atomic E-state index is 0.0281. The summed E-state index contributed by atoms with van der Waals surface area (Å²) in [6.07, 6.45) is 3.40. The third kappa shape index (κ3) is 2.96. The van der Waals surface area contributed by atoms with Crippen LogP contribution in [0.5, 0.6) is 0 Å². The van der Waals surface area contributed by atoms with Crippen molar-refractivity contribution >= 4 is 15.7 Å². The monoisotopic (exact) mass is 363 g/mol. The number of hydrogen-bond acceptors (Lipinski definition) is 4. The van der Waals surface area contributed by atoms with Crippen LogP contribution in [0.3, 0.4) is 0 Å². The maximum Gasteiger partial charge on any atom is 0.271 e. The van der Waals surface area contributed by atoms with E-state index < -0.39 is 14.9 Å². The summed E-state index contributed by atoms with van der Waals surface area (Å²) in [6.45, 7) is 3.80. The number of aromatic nitrogens is 1. The zero-order valence-corrected chi connectivity index (χ0v) is 15.3. The summed E-state index contributed by atoms with van der Waals surface area (Å²) in [5, 5.41) is 11.2. The number of rotatable bonds is 4. The molecule has 3 rings (SSSR count). The highest BCUT2D eigenvalue weighted by molar-refractivity contribution is 7.89. The Morgan fingerprint density at radius 2 is 2.00 bits per heavy atom. The van der Waals surface area contributed by atoms with Crippen molar-refractivity contribution in [3.8, 4) is 0 Å². The van der Waals surface area contributed by atoms with Gasteiger partial charge >= 0.3 is 0 Å². The average molecular weight is 363 g/mol. The van der Waals surface area contributed by atoms with Crippen molar-refractivity contribution in [2.75, 3.05) is 6.54 Å². The van der Waals surface area contributed by atoms with Crippen LogP contribution in [0.1, 0.15) is 35.7 Å². The molecule has 0 N–H and O–H groups in total. The van der Waals surface area contributed by atoms with E-state index >= 15 is 0 Å². The molecule has 7 nitrogen and oxygen atoms in total. The molecule has 0 aliphatic carbocycles. The molecule has 0 bridgehead atoms. The first-order valence-electron chi connectivity index (χ1n) is 8.12. The molecule has 2 aromatic rings. The highest BCUT2D eigenvalue weighted by Gasteiger charge is 2.38. The standard InChI is InChI=1S/C17H21N3O4S/c1-12-10-14(20(21)22)11-17(13(12)2)25(23,24)19-9-5-7-16(19)15-6-4-8-18(15)3/h4,6,8,10-11,16H,5,7,9H2,1-3H3/t16-/m1/s1. The Morgan fingerprint density at radius 1 is 1.28 bits per heavy atom. The summed E-state index contributed by atoms with van der Waals surface area (Å²) in [5.74, 6) is 0. The van der Waals surface area contributed by atoms with Crippen molar-refractivity contribution < 1.29 is 13.3 Å². The second-order valence-electron chi connectivity index (χ2n) is 6.46. The van der Waals surface area contributed by atoms with E-state index in [2.05, 4.69) is 0 Å². The highest BCUT2D eigenvalue weighted by atomic mass is 32.2. The van der Waals surface area contributed by atoms with Gasteiger partial charge in [-0.2, -0.15) is 4.31 Å². The molecule has 1 saturated heterocycles. The Hall–Kier alpha value is -2.19. The predicted molar refractivity (Wildman–Crippen MR) is 93.9 cm³/mol. The molecule has 0 radical (unpaired) electrons. The second kappa shape index (κ2) is 6.27. The zero-order valence-electron chi connectivity index (χ0n) is 14.5. The molecule has 25 heavy (non-hydrogen) atoms. The summed E-state index contributed by atoms with van der Waals surface area (Å²) < 4.78 is 30.0. The molecule has 1 atom stereocenters. The lowest BCUT2D eigenvalue weighted by Gasteiger charge is -2.25. The highest BCUT2D eigenvalue weighted by Crippen LogP contribution is 2.38. The van der Waals surface area contributed by atoms with Gasteiger partial charge in [-0.1, -0.05) is 0 Å². The first-order valence-corrected chi connectivity index (χ1v) is 9.56. The van der Waals surface area contributed by atoms with Gasteiger partial charge in [0.15, 0.2) is 0 Å². The smallest absolute Gasteiger partial charge is 0.271 e. The fourth-order valence-corrected chi connectivity index (χ4v) is 5.44. The first-order chi connectivity index (χ1) is 11.7. The molecule has 1 aliphatic heterocycles. The predicted octanol–water partition coefficient (Wildman–Crippen LogP) is 3.08. The first kappa shape index (κ1) is 17.6. The van der Waals surface area contributed by atoms with Gasteiger partial charge in [0.25, 0.3) is 5.69 Å². The molecule has 0 unspecified atom stereocenters. The minimum atomic E-state index is -3.82. The summed E-state index contributed by atoms with van der Waals surface area (Å²) in [6, 6.07) is 6.15. The Bertz CT molecular complexity index is 933. The lowest BCUT2D eigenvalue weighted by molar-refractivity contribution is -0.385. The molecule has 1 aromatic carbocycles. The molecule has 1 fully saturated rings. The molecule has 0 spiro atoms. The Morgan fingerprint density at radius 3 is 2.60 bits per heavy atom. The molecule has 2 heterocycles. The number of benzene rings is 1. The van der Waals surface area contributed by atoms with Gasteiger partial charge in [-0.15, -0.1) is 0 Å². The minimum Gasteiger partial charge on any atom is -0.353 e. The van der Waals surface area contributed by atoms with E-state index in [4.69, 9.17) is 0 Å². The molecule has 0 saturated carbocycles. The summed E-state index contributed by atoms with van der Waals surface area (Å²) >= 11 is 0. The maximum absolute atomic E-state index is 13.3. The number of nitrogens with zero attached hydrogens (tertiary/aromatic N) is 3. The Kier molecular flexibility index (Phi) is 4.42. The van der Waals surface area contributed by atoms with Gasteiger partial charge in [-0.25, -0.2) is 8.42 Å². The van der Waals surface area contributed by atoms with Crippen LogP contribution >= 0.6 is 0 Å². The fourth-order valence-electron chi connectivity index (χ4n) is 3.45. The van der Waals surface area contributed by atoms with Crippen LogP contribution in [0.2, 0.25) is 0 Å². The Balaban J connectivity index is 2.10. The van der Waals surface area contributed by atoms with Gasteiger partial charge in [-0.05, 0) is 49.9 Å². The maximum atomic E-state index is 13.3. The largest absolute Gasteiger partial charge is 0.353 e. The van der Waals surface area contributed by atoms with Gasteiger partial charge < -0.3 is 4.57 Å². The number of nitro benzene ring substituents is 1. The van der Waals surface area contributed by atoms with Gasteiger partial charge in [0.1, 0.15) is 0 Å². The van der Waals surface area contributed by atoms with Crippen LogP contribution in [0.15, 0.2) is 35.4 Å². The molecule has 0 amide bonds. The van der Waals surface area contributed by atoms with Crippen molar-refractivity contribution in [2.24, 2.45) is 7.05 Å². The van der Waals surface area contributed by atoms with E-state index in [0.29, 0.717) is 17.7 Å². The second-order valence-corrected chi connectivity index (χ2v) is 8.32.